The lowest BCUT2D eigenvalue weighted by Crippen LogP contribution is -2.56. The van der Waals surface area contributed by atoms with E-state index in [1.54, 1.807) is 0 Å². The van der Waals surface area contributed by atoms with Crippen LogP contribution in [0.3, 0.4) is 0 Å². The van der Waals surface area contributed by atoms with E-state index in [4.69, 9.17) is 9.47 Å². The molecule has 0 bridgehead atoms. The Balaban J connectivity index is 1.63. The summed E-state index contributed by atoms with van der Waals surface area (Å²) in [6, 6.07) is 9.92. The second-order valence-electron chi connectivity index (χ2n) is 7.58. The Bertz CT molecular complexity index is 553. The first-order valence-electron chi connectivity index (χ1n) is 9.43. The van der Waals surface area contributed by atoms with Gasteiger partial charge in [0.2, 0.25) is 0 Å². The standard InChI is InChI=1S/C20H30N2O3/c1-15(21-19(23)22-20(2)11-6-12-20)18(16-7-4-3-5-8-16)25-17-9-13-24-14-10-17/h3-5,7-8,15,17-18H,6,9-14H2,1-2H3,(H2,21,22,23)/t15-,18-/m1/s1. The van der Waals surface area contributed by atoms with Crippen LogP contribution in [0.4, 0.5) is 4.79 Å². The minimum Gasteiger partial charge on any atom is -0.381 e. The second kappa shape index (κ2) is 8.19. The van der Waals surface area contributed by atoms with E-state index in [-0.39, 0.29) is 29.8 Å². The van der Waals surface area contributed by atoms with E-state index in [2.05, 4.69) is 29.7 Å². The normalized spacial score (nSPS) is 22.5. The zero-order valence-electron chi connectivity index (χ0n) is 15.3. The zero-order valence-corrected chi connectivity index (χ0v) is 15.3. The maximum Gasteiger partial charge on any atom is 0.315 e. The smallest absolute Gasteiger partial charge is 0.315 e. The number of nitrogens with one attached hydrogen (secondary N) is 2. The lowest BCUT2D eigenvalue weighted by molar-refractivity contribution is -0.0783. The number of carbonyl (C=O) groups excluding carboxylic acids is 1. The van der Waals surface area contributed by atoms with Crippen LogP contribution in [0.1, 0.15) is 57.6 Å². The molecular formula is C20H30N2O3. The molecule has 0 aromatic heterocycles. The topological polar surface area (TPSA) is 59.6 Å². The third kappa shape index (κ3) is 4.95. The van der Waals surface area contributed by atoms with Gasteiger partial charge in [-0.3, -0.25) is 0 Å². The van der Waals surface area contributed by atoms with Crippen LogP contribution < -0.4 is 10.6 Å². The molecule has 1 aliphatic heterocycles. The summed E-state index contributed by atoms with van der Waals surface area (Å²) in [6.45, 7) is 5.60. The number of hydrogen-bond donors (Lipinski definition) is 2. The van der Waals surface area contributed by atoms with Gasteiger partial charge in [0.15, 0.2) is 0 Å². The molecule has 2 N–H and O–H groups in total. The molecule has 5 heteroatoms. The van der Waals surface area contributed by atoms with Gasteiger partial charge in [-0.2, -0.15) is 0 Å². The van der Waals surface area contributed by atoms with Gasteiger partial charge in [-0.25, -0.2) is 4.79 Å². The summed E-state index contributed by atoms with van der Waals surface area (Å²) in [7, 11) is 0. The van der Waals surface area contributed by atoms with Crippen molar-refractivity contribution >= 4 is 6.03 Å². The maximum absolute atomic E-state index is 12.4. The molecule has 25 heavy (non-hydrogen) atoms. The Morgan fingerprint density at radius 1 is 1.24 bits per heavy atom. The molecule has 5 nitrogen and oxygen atoms in total. The number of carbonyl (C=O) groups is 1. The third-order valence-corrected chi connectivity index (χ3v) is 5.32. The fourth-order valence-electron chi connectivity index (χ4n) is 3.57. The van der Waals surface area contributed by atoms with Crippen molar-refractivity contribution in [2.75, 3.05) is 13.2 Å². The predicted octanol–water partition coefficient (Wildman–Crippen LogP) is 3.55. The lowest BCUT2D eigenvalue weighted by Gasteiger charge is -2.39. The summed E-state index contributed by atoms with van der Waals surface area (Å²) in [5.41, 5.74) is 1.05. The summed E-state index contributed by atoms with van der Waals surface area (Å²) >= 11 is 0. The van der Waals surface area contributed by atoms with E-state index in [9.17, 15) is 4.79 Å². The van der Waals surface area contributed by atoms with Crippen LogP contribution in [0.25, 0.3) is 0 Å². The van der Waals surface area contributed by atoms with E-state index < -0.39 is 0 Å². The quantitative estimate of drug-likeness (QED) is 0.828. The van der Waals surface area contributed by atoms with Gasteiger partial charge in [0.25, 0.3) is 0 Å². The highest BCUT2D eigenvalue weighted by atomic mass is 16.5. The molecule has 2 aliphatic rings. The van der Waals surface area contributed by atoms with Crippen LogP contribution in [0.5, 0.6) is 0 Å². The molecule has 1 aliphatic carbocycles. The van der Waals surface area contributed by atoms with Crippen molar-refractivity contribution in [1.29, 1.82) is 0 Å². The predicted molar refractivity (Wildman–Crippen MR) is 97.5 cm³/mol. The van der Waals surface area contributed by atoms with E-state index in [1.165, 1.54) is 6.42 Å². The largest absolute Gasteiger partial charge is 0.381 e. The van der Waals surface area contributed by atoms with E-state index in [0.29, 0.717) is 0 Å². The van der Waals surface area contributed by atoms with Gasteiger partial charge in [-0.05, 0) is 51.5 Å². The molecule has 0 spiro atoms. The molecule has 1 aromatic carbocycles. The van der Waals surface area contributed by atoms with Crippen molar-refractivity contribution in [2.24, 2.45) is 0 Å². The van der Waals surface area contributed by atoms with Gasteiger partial charge >= 0.3 is 6.03 Å². The Morgan fingerprint density at radius 2 is 1.92 bits per heavy atom. The molecule has 1 heterocycles. The lowest BCUT2D eigenvalue weighted by atomic mass is 9.79. The molecular weight excluding hydrogens is 316 g/mol. The van der Waals surface area contributed by atoms with E-state index in [1.807, 2.05) is 25.1 Å². The Labute approximate surface area is 150 Å². The van der Waals surface area contributed by atoms with Crippen LogP contribution in [-0.2, 0) is 9.47 Å². The van der Waals surface area contributed by atoms with E-state index >= 15 is 0 Å². The Kier molecular flexibility index (Phi) is 5.97. The zero-order chi connectivity index (χ0) is 17.7. The molecule has 2 atom stereocenters. The van der Waals surface area contributed by atoms with Crippen molar-refractivity contribution in [1.82, 2.24) is 10.6 Å². The monoisotopic (exact) mass is 346 g/mol. The summed E-state index contributed by atoms with van der Waals surface area (Å²) in [4.78, 5) is 12.4. The molecule has 0 unspecified atom stereocenters. The fourth-order valence-corrected chi connectivity index (χ4v) is 3.57. The van der Waals surface area contributed by atoms with E-state index in [0.717, 1.165) is 44.5 Å². The SMILES string of the molecule is C[C@@H](NC(=O)NC1(C)CCC1)[C@@H](OC1CCOCC1)c1ccccc1. The summed E-state index contributed by atoms with van der Waals surface area (Å²) in [5, 5.41) is 6.19. The van der Waals surface area contributed by atoms with Crippen molar-refractivity contribution < 1.29 is 14.3 Å². The molecule has 3 rings (SSSR count). The molecule has 1 aromatic rings. The fraction of sp³-hybridized carbons (Fsp3) is 0.650. The van der Waals surface area contributed by atoms with Crippen molar-refractivity contribution in [3.8, 4) is 0 Å². The summed E-state index contributed by atoms with van der Waals surface area (Å²) in [6.07, 6.45) is 5.11. The van der Waals surface area contributed by atoms with Gasteiger partial charge in [0.1, 0.15) is 6.10 Å². The van der Waals surface area contributed by atoms with Crippen LogP contribution >= 0.6 is 0 Å². The molecule has 2 fully saturated rings. The highest BCUT2D eigenvalue weighted by Crippen LogP contribution is 2.31. The number of benzene rings is 1. The van der Waals surface area contributed by atoms with Crippen molar-refractivity contribution in [3.05, 3.63) is 35.9 Å². The number of amides is 2. The first-order valence-corrected chi connectivity index (χ1v) is 9.43. The number of hydrogen-bond acceptors (Lipinski definition) is 3. The van der Waals surface area contributed by atoms with Crippen molar-refractivity contribution in [2.45, 2.75) is 69.7 Å². The first-order chi connectivity index (χ1) is 12.1. The summed E-state index contributed by atoms with van der Waals surface area (Å²) in [5.74, 6) is 0. The number of ether oxygens (including phenoxy) is 2. The number of urea groups is 1. The minimum atomic E-state index is -0.163. The van der Waals surface area contributed by atoms with Crippen LogP contribution in [-0.4, -0.2) is 36.9 Å². The molecule has 1 saturated carbocycles. The Hall–Kier alpha value is -1.59. The molecule has 138 valence electrons. The van der Waals surface area contributed by atoms with Crippen LogP contribution in [0, 0.1) is 0 Å². The first kappa shape index (κ1) is 18.2. The van der Waals surface area contributed by atoms with Crippen LogP contribution in [0.15, 0.2) is 30.3 Å². The highest BCUT2D eigenvalue weighted by Gasteiger charge is 2.34. The molecule has 0 radical (unpaired) electrons. The molecule has 1 saturated heterocycles. The maximum atomic E-state index is 12.4. The minimum absolute atomic E-state index is 0.0480. The van der Waals surface area contributed by atoms with Gasteiger partial charge in [-0.15, -0.1) is 0 Å². The van der Waals surface area contributed by atoms with Gasteiger partial charge < -0.3 is 20.1 Å². The molecule has 2 amide bonds. The number of rotatable bonds is 6. The Morgan fingerprint density at radius 3 is 2.52 bits per heavy atom. The average Bonchev–Trinajstić information content (AvgIpc) is 2.59. The third-order valence-electron chi connectivity index (χ3n) is 5.32. The average molecular weight is 346 g/mol. The van der Waals surface area contributed by atoms with Gasteiger partial charge in [0.05, 0.1) is 12.1 Å². The highest BCUT2D eigenvalue weighted by molar-refractivity contribution is 5.75. The second-order valence-corrected chi connectivity index (χ2v) is 7.58. The van der Waals surface area contributed by atoms with Crippen LogP contribution in [0.2, 0.25) is 0 Å². The summed E-state index contributed by atoms with van der Waals surface area (Å²) < 4.78 is 11.8. The van der Waals surface area contributed by atoms with Gasteiger partial charge in [-0.1, -0.05) is 30.3 Å². The van der Waals surface area contributed by atoms with Gasteiger partial charge in [0, 0.05) is 18.8 Å². The van der Waals surface area contributed by atoms with Crippen molar-refractivity contribution in [3.63, 3.8) is 0 Å².